The Morgan fingerprint density at radius 1 is 1.48 bits per heavy atom. The first-order valence-electron chi connectivity index (χ1n) is 6.58. The first kappa shape index (κ1) is 15.9. The minimum absolute atomic E-state index is 0.00354. The molecule has 9 heteroatoms. The van der Waals surface area contributed by atoms with Crippen LogP contribution in [0.4, 0.5) is 24.0 Å². The van der Waals surface area contributed by atoms with Gasteiger partial charge in [0.05, 0.1) is 12.5 Å². The first-order chi connectivity index (χ1) is 9.84. The van der Waals surface area contributed by atoms with Gasteiger partial charge in [-0.05, 0) is 31.3 Å². The summed E-state index contributed by atoms with van der Waals surface area (Å²) >= 11 is 1.01. The first-order valence-corrected chi connectivity index (χ1v) is 7.35. The van der Waals surface area contributed by atoms with Crippen molar-refractivity contribution in [1.29, 1.82) is 0 Å². The highest BCUT2D eigenvalue weighted by molar-refractivity contribution is 7.11. The van der Waals surface area contributed by atoms with Crippen molar-refractivity contribution in [1.82, 2.24) is 4.37 Å². The summed E-state index contributed by atoms with van der Waals surface area (Å²) in [6.07, 6.45) is -4.16. The average molecular weight is 323 g/mol. The van der Waals surface area contributed by atoms with Crippen LogP contribution in [0.3, 0.4) is 0 Å². The zero-order valence-electron chi connectivity index (χ0n) is 11.4. The van der Waals surface area contributed by atoms with Gasteiger partial charge in [0.1, 0.15) is 10.6 Å². The minimum Gasteiger partial charge on any atom is -0.462 e. The fourth-order valence-electron chi connectivity index (χ4n) is 2.31. The van der Waals surface area contributed by atoms with E-state index in [-0.39, 0.29) is 43.9 Å². The molecule has 5 nitrogen and oxygen atoms in total. The van der Waals surface area contributed by atoms with Crippen LogP contribution in [0.5, 0.6) is 0 Å². The average Bonchev–Trinajstić information content (AvgIpc) is 2.80. The minimum atomic E-state index is -4.16. The lowest BCUT2D eigenvalue weighted by Gasteiger charge is -2.33. The number of hydrogen-bond acceptors (Lipinski definition) is 6. The molecule has 1 aliphatic heterocycles. The van der Waals surface area contributed by atoms with Crippen molar-refractivity contribution >= 4 is 28.3 Å². The SMILES string of the molecule is CCOC(=O)c1c(N)nsc1N1CCC(C(F)(F)F)CC1. The molecule has 0 saturated carbocycles. The van der Waals surface area contributed by atoms with E-state index in [2.05, 4.69) is 4.37 Å². The summed E-state index contributed by atoms with van der Waals surface area (Å²) in [5, 5.41) is 0.492. The van der Waals surface area contributed by atoms with Crippen LogP contribution in [0.1, 0.15) is 30.1 Å². The normalized spacial score (nSPS) is 17.0. The number of rotatable bonds is 3. The molecule has 1 saturated heterocycles. The monoisotopic (exact) mass is 323 g/mol. The van der Waals surface area contributed by atoms with Crippen molar-refractivity contribution in [2.45, 2.75) is 25.9 Å². The van der Waals surface area contributed by atoms with Crippen LogP contribution in [-0.4, -0.2) is 36.2 Å². The molecule has 0 amide bonds. The fourth-order valence-corrected chi connectivity index (χ4v) is 3.17. The molecule has 2 N–H and O–H groups in total. The second-order valence-electron chi connectivity index (χ2n) is 4.77. The summed E-state index contributed by atoms with van der Waals surface area (Å²) in [5.74, 6) is -1.81. The Morgan fingerprint density at radius 2 is 2.10 bits per heavy atom. The van der Waals surface area contributed by atoms with Crippen molar-refractivity contribution in [3.8, 4) is 0 Å². The van der Waals surface area contributed by atoms with E-state index >= 15 is 0 Å². The molecule has 1 aromatic rings. The third-order valence-electron chi connectivity index (χ3n) is 3.43. The number of aromatic nitrogens is 1. The molecular formula is C12H16F3N3O2S. The topological polar surface area (TPSA) is 68.5 Å². The second kappa shape index (κ2) is 6.08. The zero-order chi connectivity index (χ0) is 15.6. The smallest absolute Gasteiger partial charge is 0.391 e. The number of nitrogens with two attached hydrogens (primary N) is 1. The van der Waals surface area contributed by atoms with E-state index in [4.69, 9.17) is 10.5 Å². The van der Waals surface area contributed by atoms with Crippen LogP contribution in [0.25, 0.3) is 0 Å². The Hall–Kier alpha value is -1.51. The Kier molecular flexibility index (Phi) is 4.60. The van der Waals surface area contributed by atoms with Gasteiger partial charge in [0, 0.05) is 13.1 Å². The lowest BCUT2D eigenvalue weighted by Crippen LogP contribution is -2.39. The van der Waals surface area contributed by atoms with Crippen LogP contribution in [-0.2, 0) is 4.74 Å². The van der Waals surface area contributed by atoms with E-state index in [1.165, 1.54) is 0 Å². The van der Waals surface area contributed by atoms with Gasteiger partial charge < -0.3 is 15.4 Å². The molecule has 0 unspecified atom stereocenters. The zero-order valence-corrected chi connectivity index (χ0v) is 12.3. The highest BCUT2D eigenvalue weighted by Gasteiger charge is 2.41. The molecule has 0 radical (unpaired) electrons. The van der Waals surface area contributed by atoms with Gasteiger partial charge in [0.25, 0.3) is 0 Å². The van der Waals surface area contributed by atoms with Crippen LogP contribution in [0.2, 0.25) is 0 Å². The lowest BCUT2D eigenvalue weighted by molar-refractivity contribution is -0.179. The molecule has 0 aromatic carbocycles. The van der Waals surface area contributed by atoms with Gasteiger partial charge in [0.15, 0.2) is 5.82 Å². The number of nitrogen functional groups attached to an aromatic ring is 1. The molecule has 1 aliphatic rings. The molecular weight excluding hydrogens is 307 g/mol. The van der Waals surface area contributed by atoms with Gasteiger partial charge in [-0.2, -0.15) is 17.5 Å². The quantitative estimate of drug-likeness (QED) is 0.866. The maximum atomic E-state index is 12.7. The predicted molar refractivity (Wildman–Crippen MR) is 73.5 cm³/mol. The largest absolute Gasteiger partial charge is 0.462 e. The van der Waals surface area contributed by atoms with Crippen molar-refractivity contribution in [2.24, 2.45) is 5.92 Å². The maximum absolute atomic E-state index is 12.7. The summed E-state index contributed by atoms with van der Waals surface area (Å²) in [6.45, 7) is 2.31. The summed E-state index contributed by atoms with van der Waals surface area (Å²) in [5.41, 5.74) is 5.83. The highest BCUT2D eigenvalue weighted by Crippen LogP contribution is 2.38. The van der Waals surface area contributed by atoms with E-state index in [0.717, 1.165) is 11.5 Å². The van der Waals surface area contributed by atoms with Crippen LogP contribution < -0.4 is 10.6 Å². The number of carbonyl (C=O) groups is 1. The molecule has 0 spiro atoms. The Labute approximate surface area is 124 Å². The number of carbonyl (C=O) groups excluding carboxylic acids is 1. The number of esters is 1. The van der Waals surface area contributed by atoms with Crippen LogP contribution in [0, 0.1) is 5.92 Å². The Morgan fingerprint density at radius 3 is 2.62 bits per heavy atom. The number of halogens is 3. The molecule has 0 bridgehead atoms. The van der Waals surface area contributed by atoms with E-state index in [9.17, 15) is 18.0 Å². The molecule has 1 fully saturated rings. The summed E-state index contributed by atoms with van der Waals surface area (Å²) in [7, 11) is 0. The number of ether oxygens (including phenoxy) is 1. The predicted octanol–water partition coefficient (Wildman–Crippen LogP) is 2.68. The standard InChI is InChI=1S/C12H16F3N3O2S/c1-2-20-11(19)8-9(16)17-21-10(8)18-5-3-7(4-6-18)12(13,14)15/h7H,2-6H2,1H3,(H2,16,17). The third-order valence-corrected chi connectivity index (χ3v) is 4.35. The molecule has 0 atom stereocenters. The Balaban J connectivity index is 2.12. The van der Waals surface area contributed by atoms with Gasteiger partial charge >= 0.3 is 12.1 Å². The van der Waals surface area contributed by atoms with Crippen LogP contribution in [0.15, 0.2) is 0 Å². The van der Waals surface area contributed by atoms with Crippen molar-refractivity contribution in [2.75, 3.05) is 30.3 Å². The van der Waals surface area contributed by atoms with Gasteiger partial charge in [-0.15, -0.1) is 0 Å². The number of anilines is 2. The van der Waals surface area contributed by atoms with Gasteiger partial charge in [-0.25, -0.2) is 4.79 Å². The van der Waals surface area contributed by atoms with Gasteiger partial charge in [-0.3, -0.25) is 0 Å². The van der Waals surface area contributed by atoms with Gasteiger partial charge in [0.2, 0.25) is 0 Å². The number of hydrogen-bond donors (Lipinski definition) is 1. The molecule has 1 aromatic heterocycles. The second-order valence-corrected chi connectivity index (χ2v) is 5.52. The van der Waals surface area contributed by atoms with Crippen LogP contribution >= 0.6 is 11.5 Å². The number of piperidine rings is 1. The van der Waals surface area contributed by atoms with Crippen molar-refractivity contribution in [3.05, 3.63) is 5.56 Å². The lowest BCUT2D eigenvalue weighted by atomic mass is 9.96. The van der Waals surface area contributed by atoms with Crippen molar-refractivity contribution in [3.63, 3.8) is 0 Å². The molecule has 0 aliphatic carbocycles. The number of nitrogens with zero attached hydrogens (tertiary/aromatic N) is 2. The molecule has 21 heavy (non-hydrogen) atoms. The summed E-state index contributed by atoms with van der Waals surface area (Å²) < 4.78 is 46.8. The third kappa shape index (κ3) is 3.39. The maximum Gasteiger partial charge on any atom is 0.391 e. The number of alkyl halides is 3. The Bertz CT molecular complexity index is 510. The van der Waals surface area contributed by atoms with E-state index in [1.54, 1.807) is 11.8 Å². The summed E-state index contributed by atoms with van der Waals surface area (Å²) in [4.78, 5) is 13.6. The van der Waals surface area contributed by atoms with E-state index in [1.807, 2.05) is 0 Å². The highest BCUT2D eigenvalue weighted by atomic mass is 32.1. The fraction of sp³-hybridized carbons (Fsp3) is 0.667. The van der Waals surface area contributed by atoms with E-state index < -0.39 is 18.1 Å². The summed E-state index contributed by atoms with van der Waals surface area (Å²) in [6, 6.07) is 0. The van der Waals surface area contributed by atoms with Gasteiger partial charge in [-0.1, -0.05) is 0 Å². The van der Waals surface area contributed by atoms with Crippen molar-refractivity contribution < 1.29 is 22.7 Å². The molecule has 2 rings (SSSR count). The molecule has 118 valence electrons. The van der Waals surface area contributed by atoms with E-state index in [0.29, 0.717) is 5.00 Å². The molecule has 2 heterocycles.